The lowest BCUT2D eigenvalue weighted by Gasteiger charge is -2.14. The lowest BCUT2D eigenvalue weighted by Crippen LogP contribution is -2.13. The van der Waals surface area contributed by atoms with Crippen molar-refractivity contribution in [3.63, 3.8) is 0 Å². The number of para-hydroxylation sites is 1. The first-order valence-corrected chi connectivity index (χ1v) is 7.00. The summed E-state index contributed by atoms with van der Waals surface area (Å²) in [6, 6.07) is 18.1. The number of pyridine rings is 1. The fraction of sp³-hybridized carbons (Fsp3) is 0.167. The van der Waals surface area contributed by atoms with Crippen molar-refractivity contribution in [3.05, 3.63) is 71.9 Å². The molecule has 1 unspecified atom stereocenters. The van der Waals surface area contributed by atoms with Gasteiger partial charge in [0.2, 0.25) is 0 Å². The average molecular weight is 278 g/mol. The number of benzene rings is 2. The summed E-state index contributed by atoms with van der Waals surface area (Å²) in [6.07, 6.45) is 2.62. The lowest BCUT2D eigenvalue weighted by molar-refractivity contribution is 0.414. The van der Waals surface area contributed by atoms with Crippen LogP contribution in [-0.4, -0.2) is 12.1 Å². The number of hydrogen-bond acceptors (Lipinski definition) is 3. The Morgan fingerprint density at radius 3 is 2.81 bits per heavy atom. The molecule has 3 aromatic rings. The molecule has 106 valence electrons. The van der Waals surface area contributed by atoms with Crippen LogP contribution in [0, 0.1) is 0 Å². The summed E-state index contributed by atoms with van der Waals surface area (Å²) in [5.41, 5.74) is 9.67. The van der Waals surface area contributed by atoms with Gasteiger partial charge in [-0.15, -0.1) is 0 Å². The highest BCUT2D eigenvalue weighted by molar-refractivity contribution is 5.81. The Kier molecular flexibility index (Phi) is 3.84. The van der Waals surface area contributed by atoms with Crippen LogP contribution < -0.4 is 10.5 Å². The first kappa shape index (κ1) is 13.6. The van der Waals surface area contributed by atoms with Crippen molar-refractivity contribution in [1.82, 2.24) is 4.98 Å². The second-order valence-corrected chi connectivity index (χ2v) is 5.07. The van der Waals surface area contributed by atoms with Crippen molar-refractivity contribution >= 4 is 10.9 Å². The number of ether oxygens (including phenoxy) is 1. The smallest absolute Gasteiger partial charge is 0.119 e. The van der Waals surface area contributed by atoms with Gasteiger partial charge in [0.25, 0.3) is 0 Å². The van der Waals surface area contributed by atoms with Crippen LogP contribution in [0.4, 0.5) is 0 Å². The van der Waals surface area contributed by atoms with Gasteiger partial charge in [-0.25, -0.2) is 0 Å². The first-order chi connectivity index (χ1) is 10.3. The van der Waals surface area contributed by atoms with Crippen LogP contribution in [0.3, 0.4) is 0 Å². The predicted molar refractivity (Wildman–Crippen MR) is 85.4 cm³/mol. The van der Waals surface area contributed by atoms with Crippen LogP contribution in [-0.2, 0) is 6.42 Å². The van der Waals surface area contributed by atoms with Gasteiger partial charge in [-0.3, -0.25) is 4.98 Å². The Morgan fingerprint density at radius 1 is 1.10 bits per heavy atom. The molecule has 0 fully saturated rings. The molecule has 2 aromatic carbocycles. The zero-order valence-electron chi connectivity index (χ0n) is 12.0. The van der Waals surface area contributed by atoms with E-state index >= 15 is 0 Å². The van der Waals surface area contributed by atoms with Crippen molar-refractivity contribution in [2.75, 3.05) is 7.11 Å². The highest BCUT2D eigenvalue weighted by Gasteiger charge is 2.10. The van der Waals surface area contributed by atoms with E-state index in [1.54, 1.807) is 7.11 Å². The van der Waals surface area contributed by atoms with Crippen molar-refractivity contribution in [2.45, 2.75) is 12.5 Å². The average Bonchev–Trinajstić information content (AvgIpc) is 2.55. The number of rotatable bonds is 4. The molecule has 0 spiro atoms. The van der Waals surface area contributed by atoms with Crippen LogP contribution in [0.5, 0.6) is 5.75 Å². The molecule has 0 saturated carbocycles. The fourth-order valence-corrected chi connectivity index (χ4v) is 2.56. The molecule has 0 aliphatic rings. The minimum atomic E-state index is -0.0640. The second-order valence-electron chi connectivity index (χ2n) is 5.07. The third-order valence-corrected chi connectivity index (χ3v) is 3.70. The van der Waals surface area contributed by atoms with Crippen LogP contribution in [0.25, 0.3) is 10.9 Å². The van der Waals surface area contributed by atoms with Crippen molar-refractivity contribution in [2.24, 2.45) is 5.73 Å². The Bertz CT molecular complexity index is 750. The predicted octanol–water partition coefficient (Wildman–Crippen LogP) is 3.49. The molecule has 3 nitrogen and oxygen atoms in total. The summed E-state index contributed by atoms with van der Waals surface area (Å²) < 4.78 is 5.26. The van der Waals surface area contributed by atoms with Crippen LogP contribution in [0.2, 0.25) is 0 Å². The molecule has 1 atom stereocenters. The molecule has 3 rings (SSSR count). The molecule has 1 heterocycles. The van der Waals surface area contributed by atoms with Crippen molar-refractivity contribution in [3.8, 4) is 5.75 Å². The highest BCUT2D eigenvalue weighted by Crippen LogP contribution is 2.24. The van der Waals surface area contributed by atoms with Gasteiger partial charge in [0, 0.05) is 17.6 Å². The molecule has 0 aliphatic heterocycles. The maximum atomic E-state index is 6.37. The largest absolute Gasteiger partial charge is 0.497 e. The quantitative estimate of drug-likeness (QED) is 0.794. The van der Waals surface area contributed by atoms with E-state index in [4.69, 9.17) is 10.5 Å². The molecule has 0 radical (unpaired) electrons. The van der Waals surface area contributed by atoms with Gasteiger partial charge in [0.15, 0.2) is 0 Å². The normalized spacial score (nSPS) is 12.3. The molecule has 0 bridgehead atoms. The fourth-order valence-electron chi connectivity index (χ4n) is 2.56. The SMILES string of the molecule is COc1cccc(C(N)Cc2ccnc3ccccc23)c1. The number of methoxy groups -OCH3 is 1. The maximum absolute atomic E-state index is 6.37. The standard InChI is InChI=1S/C18H18N2O/c1-21-15-6-4-5-14(11-15)17(19)12-13-9-10-20-18-8-3-2-7-16(13)18/h2-11,17H,12,19H2,1H3. The molecule has 21 heavy (non-hydrogen) atoms. The minimum absolute atomic E-state index is 0.0640. The van der Waals surface area contributed by atoms with E-state index in [-0.39, 0.29) is 6.04 Å². The van der Waals surface area contributed by atoms with Crippen LogP contribution in [0.15, 0.2) is 60.8 Å². The molecule has 0 aliphatic carbocycles. The zero-order valence-corrected chi connectivity index (χ0v) is 12.0. The second kappa shape index (κ2) is 5.94. The van der Waals surface area contributed by atoms with Gasteiger partial charge < -0.3 is 10.5 Å². The Labute approximate surface area is 124 Å². The molecule has 3 heteroatoms. The third-order valence-electron chi connectivity index (χ3n) is 3.70. The molecule has 0 amide bonds. The molecule has 1 aromatic heterocycles. The van der Waals surface area contributed by atoms with E-state index in [1.807, 2.05) is 54.7 Å². The summed E-state index contributed by atoms with van der Waals surface area (Å²) in [5, 5.41) is 1.17. The van der Waals surface area contributed by atoms with Gasteiger partial charge >= 0.3 is 0 Å². The summed E-state index contributed by atoms with van der Waals surface area (Å²) in [7, 11) is 1.67. The number of nitrogens with zero attached hydrogens (tertiary/aromatic N) is 1. The van der Waals surface area contributed by atoms with Crippen LogP contribution >= 0.6 is 0 Å². The molecule has 2 N–H and O–H groups in total. The minimum Gasteiger partial charge on any atom is -0.497 e. The van der Waals surface area contributed by atoms with Gasteiger partial charge in [0.1, 0.15) is 5.75 Å². The summed E-state index contributed by atoms with van der Waals surface area (Å²) in [4.78, 5) is 4.39. The summed E-state index contributed by atoms with van der Waals surface area (Å²) in [6.45, 7) is 0. The zero-order chi connectivity index (χ0) is 14.7. The Balaban J connectivity index is 1.90. The van der Waals surface area contributed by atoms with Gasteiger partial charge in [-0.05, 0) is 41.8 Å². The van der Waals surface area contributed by atoms with E-state index in [0.717, 1.165) is 23.3 Å². The van der Waals surface area contributed by atoms with E-state index < -0.39 is 0 Å². The monoisotopic (exact) mass is 278 g/mol. The van der Waals surface area contributed by atoms with Crippen LogP contribution in [0.1, 0.15) is 17.2 Å². The first-order valence-electron chi connectivity index (χ1n) is 7.00. The van der Waals surface area contributed by atoms with E-state index in [1.165, 1.54) is 10.9 Å². The van der Waals surface area contributed by atoms with Crippen molar-refractivity contribution < 1.29 is 4.74 Å². The lowest BCUT2D eigenvalue weighted by atomic mass is 9.97. The van der Waals surface area contributed by atoms with E-state index in [0.29, 0.717) is 0 Å². The number of hydrogen-bond donors (Lipinski definition) is 1. The molecular weight excluding hydrogens is 260 g/mol. The topological polar surface area (TPSA) is 48.1 Å². The Hall–Kier alpha value is -2.39. The van der Waals surface area contributed by atoms with Crippen molar-refractivity contribution in [1.29, 1.82) is 0 Å². The summed E-state index contributed by atoms with van der Waals surface area (Å²) >= 11 is 0. The maximum Gasteiger partial charge on any atom is 0.119 e. The molecular formula is C18H18N2O. The van der Waals surface area contributed by atoms with Gasteiger partial charge in [-0.1, -0.05) is 30.3 Å². The third kappa shape index (κ3) is 2.88. The molecule has 0 saturated heterocycles. The Morgan fingerprint density at radius 2 is 1.95 bits per heavy atom. The van der Waals surface area contributed by atoms with Gasteiger partial charge in [0.05, 0.1) is 12.6 Å². The number of fused-ring (bicyclic) bond motifs is 1. The highest BCUT2D eigenvalue weighted by atomic mass is 16.5. The van der Waals surface area contributed by atoms with E-state index in [2.05, 4.69) is 11.1 Å². The van der Waals surface area contributed by atoms with E-state index in [9.17, 15) is 0 Å². The number of nitrogens with two attached hydrogens (primary N) is 1. The summed E-state index contributed by atoms with van der Waals surface area (Å²) in [5.74, 6) is 0.836. The van der Waals surface area contributed by atoms with Gasteiger partial charge in [-0.2, -0.15) is 0 Å². The number of aromatic nitrogens is 1.